The monoisotopic (exact) mass is 489 g/mol. The van der Waals surface area contributed by atoms with Crippen LogP contribution in [0.15, 0.2) is 29.4 Å². The van der Waals surface area contributed by atoms with Crippen LogP contribution in [0, 0.1) is 0 Å². The molecule has 0 aliphatic carbocycles. The number of guanidine groups is 1. The summed E-state index contributed by atoms with van der Waals surface area (Å²) in [5.41, 5.74) is 0. The summed E-state index contributed by atoms with van der Waals surface area (Å²) < 4.78 is 11.2. The summed E-state index contributed by atoms with van der Waals surface area (Å²) in [4.78, 5) is 11.1. The van der Waals surface area contributed by atoms with Crippen LogP contribution in [0.25, 0.3) is 0 Å². The number of pyridine rings is 1. The summed E-state index contributed by atoms with van der Waals surface area (Å²) in [6.45, 7) is 5.01. The van der Waals surface area contributed by atoms with Crippen LogP contribution in [-0.4, -0.2) is 69.6 Å². The molecule has 7 nitrogen and oxygen atoms in total. The Bertz CT molecular complexity index is 546. The highest BCUT2D eigenvalue weighted by Gasteiger charge is 2.20. The average Bonchev–Trinajstić information content (AvgIpc) is 3.21. The third-order valence-corrected chi connectivity index (χ3v) is 4.90. The Morgan fingerprint density at radius 3 is 2.85 bits per heavy atom. The first kappa shape index (κ1) is 22.2. The molecule has 2 aliphatic rings. The highest BCUT2D eigenvalue weighted by Crippen LogP contribution is 2.17. The number of ether oxygens (including phenoxy) is 2. The number of anilines is 1. The van der Waals surface area contributed by atoms with E-state index in [-0.39, 0.29) is 30.1 Å². The maximum Gasteiger partial charge on any atom is 0.191 e. The van der Waals surface area contributed by atoms with Gasteiger partial charge in [0.2, 0.25) is 0 Å². The molecule has 0 aromatic carbocycles. The Hall–Kier alpha value is -1.13. The van der Waals surface area contributed by atoms with E-state index >= 15 is 0 Å². The second-order valence-electron chi connectivity index (χ2n) is 6.80. The SMILES string of the molecule is CN=C(NCCOCC1CCCO1)NC1CCN(c2ccccn2)CC1.I. The van der Waals surface area contributed by atoms with E-state index in [4.69, 9.17) is 9.47 Å². The molecule has 2 aliphatic heterocycles. The van der Waals surface area contributed by atoms with Crippen molar-refractivity contribution in [1.82, 2.24) is 15.6 Å². The van der Waals surface area contributed by atoms with E-state index in [0.717, 1.165) is 63.7 Å². The normalized spacial score (nSPS) is 21.0. The standard InChI is InChI=1S/C19H31N5O2.HI/c1-20-19(22-10-14-25-15-17-5-4-13-26-17)23-16-7-11-24(12-8-16)18-6-2-3-9-21-18;/h2-3,6,9,16-17H,4-5,7-8,10-15H2,1H3,(H2,20,22,23);1H. The molecule has 1 unspecified atom stereocenters. The summed E-state index contributed by atoms with van der Waals surface area (Å²) in [5.74, 6) is 1.92. The first-order valence-electron chi connectivity index (χ1n) is 9.67. The molecule has 1 aromatic heterocycles. The molecule has 1 atom stereocenters. The fourth-order valence-corrected chi connectivity index (χ4v) is 3.41. The third kappa shape index (κ3) is 7.42. The molecule has 2 fully saturated rings. The summed E-state index contributed by atoms with van der Waals surface area (Å²) in [7, 11) is 1.81. The minimum atomic E-state index is 0. The number of rotatable bonds is 7. The molecule has 27 heavy (non-hydrogen) atoms. The van der Waals surface area contributed by atoms with Crippen molar-refractivity contribution in [2.75, 3.05) is 51.4 Å². The Balaban J connectivity index is 0.00000261. The Morgan fingerprint density at radius 1 is 1.33 bits per heavy atom. The van der Waals surface area contributed by atoms with Crippen molar-refractivity contribution in [2.24, 2.45) is 4.99 Å². The topological polar surface area (TPSA) is 71.0 Å². The maximum absolute atomic E-state index is 5.68. The molecule has 3 heterocycles. The van der Waals surface area contributed by atoms with Crippen LogP contribution < -0.4 is 15.5 Å². The summed E-state index contributed by atoms with van der Waals surface area (Å²) in [6.07, 6.45) is 6.57. The van der Waals surface area contributed by atoms with Crippen molar-refractivity contribution in [3.8, 4) is 0 Å². The van der Waals surface area contributed by atoms with Gasteiger partial charge < -0.3 is 25.0 Å². The molecular formula is C19H32IN5O2. The molecule has 2 N–H and O–H groups in total. The first-order chi connectivity index (χ1) is 12.8. The molecule has 3 rings (SSSR count). The van der Waals surface area contributed by atoms with Crippen molar-refractivity contribution >= 4 is 35.8 Å². The largest absolute Gasteiger partial charge is 0.377 e. The van der Waals surface area contributed by atoms with Crippen LogP contribution in [0.5, 0.6) is 0 Å². The van der Waals surface area contributed by atoms with Gasteiger partial charge in [0, 0.05) is 45.5 Å². The predicted octanol–water partition coefficient (Wildman–Crippen LogP) is 2.03. The number of aliphatic imine (C=N–C) groups is 1. The molecule has 8 heteroatoms. The van der Waals surface area contributed by atoms with Gasteiger partial charge in [0.05, 0.1) is 19.3 Å². The molecule has 0 amide bonds. The number of piperidine rings is 1. The van der Waals surface area contributed by atoms with Gasteiger partial charge in [-0.1, -0.05) is 6.07 Å². The summed E-state index contributed by atoms with van der Waals surface area (Å²) >= 11 is 0. The van der Waals surface area contributed by atoms with Crippen LogP contribution in [0.4, 0.5) is 5.82 Å². The molecule has 152 valence electrons. The second kappa shape index (κ2) is 12.4. The van der Waals surface area contributed by atoms with Crippen LogP contribution in [0.3, 0.4) is 0 Å². The lowest BCUT2D eigenvalue weighted by molar-refractivity contribution is 0.0191. The molecule has 0 radical (unpaired) electrons. The van der Waals surface area contributed by atoms with Crippen molar-refractivity contribution in [3.05, 3.63) is 24.4 Å². The van der Waals surface area contributed by atoms with Gasteiger partial charge >= 0.3 is 0 Å². The van der Waals surface area contributed by atoms with Gasteiger partial charge in [0.1, 0.15) is 5.82 Å². The van der Waals surface area contributed by atoms with Gasteiger partial charge in [-0.3, -0.25) is 4.99 Å². The van der Waals surface area contributed by atoms with Crippen LogP contribution in [-0.2, 0) is 9.47 Å². The fraction of sp³-hybridized carbons (Fsp3) is 0.684. The van der Waals surface area contributed by atoms with Gasteiger partial charge in [0.15, 0.2) is 5.96 Å². The highest BCUT2D eigenvalue weighted by molar-refractivity contribution is 14.0. The number of nitrogens with one attached hydrogen (secondary N) is 2. The lowest BCUT2D eigenvalue weighted by Gasteiger charge is -2.33. The molecule has 0 bridgehead atoms. The van der Waals surface area contributed by atoms with Crippen molar-refractivity contribution in [2.45, 2.75) is 37.8 Å². The van der Waals surface area contributed by atoms with Gasteiger partial charge in [-0.25, -0.2) is 4.98 Å². The third-order valence-electron chi connectivity index (χ3n) is 4.90. The van der Waals surface area contributed by atoms with Crippen molar-refractivity contribution in [3.63, 3.8) is 0 Å². The van der Waals surface area contributed by atoms with E-state index in [9.17, 15) is 0 Å². The van der Waals surface area contributed by atoms with Crippen molar-refractivity contribution in [1.29, 1.82) is 0 Å². The minimum absolute atomic E-state index is 0. The quantitative estimate of drug-likeness (QED) is 0.265. The highest BCUT2D eigenvalue weighted by atomic mass is 127. The fourth-order valence-electron chi connectivity index (χ4n) is 3.41. The van der Waals surface area contributed by atoms with Crippen LogP contribution in [0.1, 0.15) is 25.7 Å². The maximum atomic E-state index is 5.68. The minimum Gasteiger partial charge on any atom is -0.377 e. The number of hydrogen-bond acceptors (Lipinski definition) is 5. The Morgan fingerprint density at radius 2 is 2.19 bits per heavy atom. The van der Waals surface area contributed by atoms with E-state index in [1.54, 1.807) is 0 Å². The predicted molar refractivity (Wildman–Crippen MR) is 119 cm³/mol. The smallest absolute Gasteiger partial charge is 0.191 e. The molecule has 2 saturated heterocycles. The summed E-state index contributed by atoms with van der Waals surface area (Å²) in [6, 6.07) is 6.51. The first-order valence-corrected chi connectivity index (χ1v) is 9.67. The van der Waals surface area contributed by atoms with Gasteiger partial charge in [0.25, 0.3) is 0 Å². The number of halogens is 1. The van der Waals surface area contributed by atoms with Crippen LogP contribution in [0.2, 0.25) is 0 Å². The molecule has 0 spiro atoms. The number of nitrogens with zero attached hydrogens (tertiary/aromatic N) is 3. The van der Waals surface area contributed by atoms with Gasteiger partial charge in [-0.2, -0.15) is 0 Å². The lowest BCUT2D eigenvalue weighted by atomic mass is 10.1. The number of hydrogen-bond donors (Lipinski definition) is 2. The van der Waals surface area contributed by atoms with Crippen LogP contribution >= 0.6 is 24.0 Å². The molecule has 1 aromatic rings. The van der Waals surface area contributed by atoms with E-state index in [2.05, 4.69) is 31.6 Å². The van der Waals surface area contributed by atoms with E-state index in [0.29, 0.717) is 19.3 Å². The zero-order valence-electron chi connectivity index (χ0n) is 16.1. The van der Waals surface area contributed by atoms with Gasteiger partial charge in [-0.15, -0.1) is 24.0 Å². The lowest BCUT2D eigenvalue weighted by Crippen LogP contribution is -2.49. The zero-order chi connectivity index (χ0) is 18.0. The second-order valence-corrected chi connectivity index (χ2v) is 6.80. The Kier molecular flexibility index (Phi) is 10.1. The zero-order valence-corrected chi connectivity index (χ0v) is 18.4. The average molecular weight is 489 g/mol. The molecular weight excluding hydrogens is 457 g/mol. The van der Waals surface area contributed by atoms with E-state index < -0.39 is 0 Å². The van der Waals surface area contributed by atoms with E-state index in [1.807, 2.05) is 25.4 Å². The van der Waals surface area contributed by atoms with Gasteiger partial charge in [-0.05, 0) is 37.8 Å². The number of aromatic nitrogens is 1. The summed E-state index contributed by atoms with van der Waals surface area (Å²) in [5, 5.41) is 6.85. The van der Waals surface area contributed by atoms with Crippen molar-refractivity contribution < 1.29 is 9.47 Å². The van der Waals surface area contributed by atoms with E-state index in [1.165, 1.54) is 0 Å². The Labute approximate surface area is 179 Å². The molecule has 0 saturated carbocycles.